The molecule has 10 heteroatoms. The van der Waals surface area contributed by atoms with Crippen LogP contribution in [0.4, 0.5) is 0 Å². The number of ether oxygens (including phenoxy) is 1. The molecule has 2 aromatic rings. The molecule has 0 N–H and O–H groups in total. The number of nitrogens with zero attached hydrogens (tertiary/aromatic N) is 5. The van der Waals surface area contributed by atoms with Gasteiger partial charge < -0.3 is 14.5 Å². The van der Waals surface area contributed by atoms with Gasteiger partial charge in [0.25, 0.3) is 11.5 Å². The van der Waals surface area contributed by atoms with Gasteiger partial charge in [0.15, 0.2) is 0 Å². The molecule has 1 aromatic heterocycles. The minimum atomic E-state index is -0.703. The lowest BCUT2D eigenvalue weighted by Gasteiger charge is -2.33. The quantitative estimate of drug-likeness (QED) is 0.687. The summed E-state index contributed by atoms with van der Waals surface area (Å²) in [7, 11) is 1.53. The van der Waals surface area contributed by atoms with Crippen molar-refractivity contribution >= 4 is 11.8 Å². The van der Waals surface area contributed by atoms with Crippen LogP contribution in [0.25, 0.3) is 5.69 Å². The molecule has 0 atom stereocenters. The molecule has 0 bridgehead atoms. The van der Waals surface area contributed by atoms with Crippen LogP contribution in [0.5, 0.6) is 5.75 Å². The van der Waals surface area contributed by atoms with Gasteiger partial charge >= 0.3 is 5.69 Å². The van der Waals surface area contributed by atoms with Crippen LogP contribution in [-0.2, 0) is 11.3 Å². The number of aromatic nitrogens is 3. The maximum absolute atomic E-state index is 13.1. The number of hydrogen-bond donors (Lipinski definition) is 0. The summed E-state index contributed by atoms with van der Waals surface area (Å²) in [5.74, 6) is 0.00205. The fourth-order valence-electron chi connectivity index (χ4n) is 3.34. The summed E-state index contributed by atoms with van der Waals surface area (Å²) < 4.78 is 7.23. The van der Waals surface area contributed by atoms with Crippen molar-refractivity contribution in [2.75, 3.05) is 33.3 Å². The summed E-state index contributed by atoms with van der Waals surface area (Å²) in [6, 6.07) is 6.60. The molecule has 0 aliphatic carbocycles. The first-order chi connectivity index (χ1) is 14.4. The van der Waals surface area contributed by atoms with Gasteiger partial charge in [-0.1, -0.05) is 6.92 Å². The third kappa shape index (κ3) is 4.12. The van der Waals surface area contributed by atoms with Crippen molar-refractivity contribution in [2.24, 2.45) is 0 Å². The number of rotatable bonds is 5. The van der Waals surface area contributed by atoms with E-state index in [9.17, 15) is 19.2 Å². The number of piperazine rings is 1. The molecule has 3 rings (SSSR count). The summed E-state index contributed by atoms with van der Waals surface area (Å²) >= 11 is 0. The Kier molecular flexibility index (Phi) is 6.34. The van der Waals surface area contributed by atoms with Crippen molar-refractivity contribution < 1.29 is 14.3 Å². The van der Waals surface area contributed by atoms with E-state index in [4.69, 9.17) is 4.74 Å². The first-order valence-electron chi connectivity index (χ1n) is 9.80. The molecule has 30 heavy (non-hydrogen) atoms. The van der Waals surface area contributed by atoms with Crippen molar-refractivity contribution in [3.63, 3.8) is 0 Å². The Morgan fingerprint density at radius 1 is 1.03 bits per heavy atom. The van der Waals surface area contributed by atoms with E-state index in [1.165, 1.54) is 18.9 Å². The van der Waals surface area contributed by atoms with E-state index in [1.807, 2.05) is 6.92 Å². The third-order valence-corrected chi connectivity index (χ3v) is 5.04. The molecule has 1 aromatic carbocycles. The standard InChI is InChI=1S/C20H25N5O5/c1-4-9-24-19(28)17(18(27)23-12-10-22(11-13-23)14(2)26)21-25(20(24)29)15-5-7-16(30-3)8-6-15/h5-8H,4,9-13H2,1-3H3. The fraction of sp³-hybridized carbons (Fsp3) is 0.450. The number of amides is 2. The summed E-state index contributed by atoms with van der Waals surface area (Å²) in [4.78, 5) is 53.4. The second-order valence-corrected chi connectivity index (χ2v) is 7.00. The maximum atomic E-state index is 13.1. The monoisotopic (exact) mass is 415 g/mol. The van der Waals surface area contributed by atoms with E-state index < -0.39 is 17.2 Å². The fourth-order valence-corrected chi connectivity index (χ4v) is 3.34. The third-order valence-electron chi connectivity index (χ3n) is 5.04. The van der Waals surface area contributed by atoms with Crippen LogP contribution in [-0.4, -0.2) is 69.3 Å². The van der Waals surface area contributed by atoms with Gasteiger partial charge in [-0.3, -0.25) is 19.0 Å². The van der Waals surface area contributed by atoms with E-state index in [2.05, 4.69) is 5.10 Å². The summed E-state index contributed by atoms with van der Waals surface area (Å²) in [5, 5.41) is 4.13. The van der Waals surface area contributed by atoms with Crippen LogP contribution >= 0.6 is 0 Å². The van der Waals surface area contributed by atoms with Gasteiger partial charge in [-0.2, -0.15) is 9.78 Å². The number of carbonyl (C=O) groups is 2. The highest BCUT2D eigenvalue weighted by Gasteiger charge is 2.28. The number of methoxy groups -OCH3 is 1. The van der Waals surface area contributed by atoms with Crippen LogP contribution in [0.3, 0.4) is 0 Å². The largest absolute Gasteiger partial charge is 0.497 e. The second-order valence-electron chi connectivity index (χ2n) is 7.00. The number of hydrogen-bond acceptors (Lipinski definition) is 6. The molecule has 0 spiro atoms. The predicted molar refractivity (Wildman–Crippen MR) is 109 cm³/mol. The Labute approximate surface area is 173 Å². The molecular weight excluding hydrogens is 390 g/mol. The first-order valence-corrected chi connectivity index (χ1v) is 9.80. The predicted octanol–water partition coefficient (Wildman–Crippen LogP) is 0.117. The summed E-state index contributed by atoms with van der Waals surface area (Å²) in [6.45, 7) is 4.88. The molecule has 2 heterocycles. The highest BCUT2D eigenvalue weighted by Crippen LogP contribution is 2.13. The van der Waals surface area contributed by atoms with Crippen molar-refractivity contribution in [3.8, 4) is 11.4 Å². The van der Waals surface area contributed by atoms with Crippen molar-refractivity contribution in [3.05, 3.63) is 50.8 Å². The topological polar surface area (TPSA) is 107 Å². The molecule has 0 saturated carbocycles. The van der Waals surface area contributed by atoms with Gasteiger partial charge in [0, 0.05) is 39.6 Å². The molecule has 0 unspecified atom stereocenters. The van der Waals surface area contributed by atoms with E-state index in [-0.39, 0.29) is 18.1 Å². The molecular formula is C20H25N5O5. The Morgan fingerprint density at radius 3 is 2.17 bits per heavy atom. The maximum Gasteiger partial charge on any atom is 0.352 e. The average molecular weight is 415 g/mol. The second kappa shape index (κ2) is 8.93. The Balaban J connectivity index is 2.02. The molecule has 160 valence electrons. The zero-order valence-corrected chi connectivity index (χ0v) is 17.3. The van der Waals surface area contributed by atoms with Gasteiger partial charge in [0.05, 0.1) is 12.8 Å². The number of benzene rings is 1. The van der Waals surface area contributed by atoms with E-state index in [0.717, 1.165) is 9.25 Å². The van der Waals surface area contributed by atoms with Crippen molar-refractivity contribution in [2.45, 2.75) is 26.8 Å². The van der Waals surface area contributed by atoms with E-state index >= 15 is 0 Å². The SMILES string of the molecule is CCCn1c(=O)c(C(=O)N2CCN(C(C)=O)CC2)nn(-c2ccc(OC)cc2)c1=O. The number of carbonyl (C=O) groups excluding carboxylic acids is 2. The molecule has 2 amide bonds. The highest BCUT2D eigenvalue weighted by molar-refractivity contribution is 5.92. The van der Waals surface area contributed by atoms with Crippen LogP contribution in [0, 0.1) is 0 Å². The summed E-state index contributed by atoms with van der Waals surface area (Å²) in [5.41, 5.74) is -1.20. The lowest BCUT2D eigenvalue weighted by Crippen LogP contribution is -2.52. The average Bonchev–Trinajstić information content (AvgIpc) is 2.76. The molecule has 1 aliphatic rings. The zero-order valence-electron chi connectivity index (χ0n) is 17.3. The Bertz CT molecular complexity index is 1050. The van der Waals surface area contributed by atoms with Crippen LogP contribution in [0.15, 0.2) is 33.9 Å². The van der Waals surface area contributed by atoms with Crippen molar-refractivity contribution in [1.29, 1.82) is 0 Å². The van der Waals surface area contributed by atoms with Crippen molar-refractivity contribution in [1.82, 2.24) is 24.1 Å². The first kappa shape index (κ1) is 21.3. The van der Waals surface area contributed by atoms with Gasteiger partial charge in [-0.15, -0.1) is 0 Å². The lowest BCUT2D eigenvalue weighted by molar-refractivity contribution is -0.130. The minimum absolute atomic E-state index is 0.0569. The minimum Gasteiger partial charge on any atom is -0.497 e. The van der Waals surface area contributed by atoms with Crippen LogP contribution in [0.1, 0.15) is 30.8 Å². The van der Waals surface area contributed by atoms with Gasteiger partial charge in [0.1, 0.15) is 5.75 Å². The zero-order chi connectivity index (χ0) is 21.8. The van der Waals surface area contributed by atoms with Crippen LogP contribution < -0.4 is 16.0 Å². The van der Waals surface area contributed by atoms with Gasteiger partial charge in [-0.25, -0.2) is 4.79 Å². The lowest BCUT2D eigenvalue weighted by atomic mass is 10.2. The van der Waals surface area contributed by atoms with Gasteiger partial charge in [-0.05, 0) is 30.7 Å². The molecule has 0 radical (unpaired) electrons. The molecule has 1 saturated heterocycles. The van der Waals surface area contributed by atoms with E-state index in [1.54, 1.807) is 29.2 Å². The Hall–Kier alpha value is -3.43. The Morgan fingerprint density at radius 2 is 1.63 bits per heavy atom. The molecule has 1 fully saturated rings. The smallest absolute Gasteiger partial charge is 0.352 e. The normalized spacial score (nSPS) is 14.0. The molecule has 10 nitrogen and oxygen atoms in total. The van der Waals surface area contributed by atoms with Crippen LogP contribution in [0.2, 0.25) is 0 Å². The molecule has 1 aliphatic heterocycles. The highest BCUT2D eigenvalue weighted by atomic mass is 16.5. The van der Waals surface area contributed by atoms with E-state index in [0.29, 0.717) is 44.0 Å². The summed E-state index contributed by atoms with van der Waals surface area (Å²) in [6.07, 6.45) is 0.548. The van der Waals surface area contributed by atoms with Gasteiger partial charge in [0.2, 0.25) is 11.6 Å².